The molecule has 0 saturated carbocycles. The van der Waals surface area contributed by atoms with Crippen molar-refractivity contribution in [3.63, 3.8) is 0 Å². The molecule has 0 N–H and O–H groups in total. The number of amides is 2. The van der Waals surface area contributed by atoms with Crippen molar-refractivity contribution >= 4 is 27.5 Å². The molecule has 0 atom stereocenters. The zero-order chi connectivity index (χ0) is 24.7. The number of anilines is 1. The maximum Gasteiger partial charge on any atom is 0.417 e. The average molecular weight is 485 g/mol. The third-order valence-corrected chi connectivity index (χ3v) is 8.07. The molecule has 3 rings (SSSR count). The standard InChI is InChI=1S/C21H23F3N4O4S/c1-13(2)33(31,32)27-8-6-26(7-9-27)12-17-14(3)19(29)28(20(17)30)16-5-4-15(11-25)18(10-16)21(22,23)24/h4-5,10,13H,6-9,12H2,1-3H3. The first-order valence-electron chi connectivity index (χ1n) is 10.2. The van der Waals surface area contributed by atoms with Crippen molar-refractivity contribution < 1.29 is 31.2 Å². The quantitative estimate of drug-likeness (QED) is 0.594. The second kappa shape index (κ2) is 8.89. The van der Waals surface area contributed by atoms with E-state index in [1.54, 1.807) is 13.8 Å². The summed E-state index contributed by atoms with van der Waals surface area (Å²) in [5, 5.41) is 8.40. The predicted octanol–water partition coefficient (Wildman–Crippen LogP) is 2.12. The van der Waals surface area contributed by atoms with Gasteiger partial charge in [0.2, 0.25) is 10.0 Å². The van der Waals surface area contributed by atoms with E-state index in [1.807, 2.05) is 4.90 Å². The fourth-order valence-corrected chi connectivity index (χ4v) is 5.04. The lowest BCUT2D eigenvalue weighted by Gasteiger charge is -2.35. The first-order valence-corrected chi connectivity index (χ1v) is 11.7. The van der Waals surface area contributed by atoms with Gasteiger partial charge in [0.25, 0.3) is 11.8 Å². The van der Waals surface area contributed by atoms with Gasteiger partial charge in [-0.25, -0.2) is 13.3 Å². The number of nitriles is 1. The smallest absolute Gasteiger partial charge is 0.296 e. The van der Waals surface area contributed by atoms with Crippen molar-refractivity contribution in [2.45, 2.75) is 32.2 Å². The fraction of sp³-hybridized carbons (Fsp3) is 0.476. The molecule has 0 aromatic heterocycles. The van der Waals surface area contributed by atoms with Crippen LogP contribution in [0.15, 0.2) is 29.3 Å². The third-order valence-electron chi connectivity index (χ3n) is 5.79. The summed E-state index contributed by atoms with van der Waals surface area (Å²) in [6.45, 7) is 5.88. The van der Waals surface area contributed by atoms with E-state index in [1.165, 1.54) is 17.3 Å². The van der Waals surface area contributed by atoms with E-state index in [4.69, 9.17) is 5.26 Å². The number of hydrogen-bond acceptors (Lipinski definition) is 6. The minimum absolute atomic E-state index is 0.0743. The number of sulfonamides is 1. The van der Waals surface area contributed by atoms with Crippen LogP contribution < -0.4 is 4.90 Å². The normalized spacial score (nSPS) is 19.0. The molecule has 0 spiro atoms. The Bertz CT molecular complexity index is 1160. The van der Waals surface area contributed by atoms with Crippen molar-refractivity contribution in [3.05, 3.63) is 40.5 Å². The number of rotatable bonds is 5. The zero-order valence-electron chi connectivity index (χ0n) is 18.3. The molecule has 1 saturated heterocycles. The highest BCUT2D eigenvalue weighted by molar-refractivity contribution is 7.89. The summed E-state index contributed by atoms with van der Waals surface area (Å²) in [5.74, 6) is -1.46. The molecule has 2 amide bonds. The number of halogens is 3. The van der Waals surface area contributed by atoms with Gasteiger partial charge in [0, 0.05) is 43.9 Å². The second-order valence-corrected chi connectivity index (χ2v) is 10.6. The van der Waals surface area contributed by atoms with Crippen LogP contribution >= 0.6 is 0 Å². The molecule has 33 heavy (non-hydrogen) atoms. The van der Waals surface area contributed by atoms with Crippen molar-refractivity contribution in [3.8, 4) is 6.07 Å². The molecule has 178 valence electrons. The monoisotopic (exact) mass is 484 g/mol. The second-order valence-electron chi connectivity index (χ2n) is 8.16. The summed E-state index contributed by atoms with van der Waals surface area (Å²) in [4.78, 5) is 28.2. The van der Waals surface area contributed by atoms with Crippen molar-refractivity contribution in [2.24, 2.45) is 0 Å². The van der Waals surface area contributed by atoms with Gasteiger partial charge in [-0.2, -0.15) is 22.7 Å². The van der Waals surface area contributed by atoms with Gasteiger partial charge in [0.15, 0.2) is 0 Å². The van der Waals surface area contributed by atoms with Crippen LogP contribution in [-0.2, 0) is 25.8 Å². The van der Waals surface area contributed by atoms with Gasteiger partial charge < -0.3 is 0 Å². The molecule has 1 fully saturated rings. The highest BCUT2D eigenvalue weighted by Gasteiger charge is 2.40. The van der Waals surface area contributed by atoms with E-state index >= 15 is 0 Å². The van der Waals surface area contributed by atoms with E-state index in [0.29, 0.717) is 24.1 Å². The molecule has 1 aromatic rings. The Morgan fingerprint density at radius 2 is 1.70 bits per heavy atom. The zero-order valence-corrected chi connectivity index (χ0v) is 19.1. The maximum atomic E-state index is 13.3. The molecule has 2 aliphatic rings. The van der Waals surface area contributed by atoms with Crippen LogP contribution in [0.5, 0.6) is 0 Å². The summed E-state index contributed by atoms with van der Waals surface area (Å²) in [5.41, 5.74) is -1.83. The first-order chi connectivity index (χ1) is 15.3. The molecular formula is C21H23F3N4O4S. The van der Waals surface area contributed by atoms with Crippen LogP contribution in [-0.4, -0.2) is 67.4 Å². The lowest BCUT2D eigenvalue weighted by molar-refractivity contribution is -0.138. The molecule has 12 heteroatoms. The molecule has 1 aromatic carbocycles. The fourth-order valence-electron chi connectivity index (χ4n) is 3.77. The first kappa shape index (κ1) is 24.9. The van der Waals surface area contributed by atoms with Crippen molar-refractivity contribution in [1.29, 1.82) is 5.26 Å². The Hall–Kier alpha value is -2.75. The van der Waals surface area contributed by atoms with Gasteiger partial charge in [0.05, 0.1) is 28.1 Å². The topological polar surface area (TPSA) is 102 Å². The van der Waals surface area contributed by atoms with Crippen LogP contribution in [0, 0.1) is 11.3 Å². The van der Waals surface area contributed by atoms with Gasteiger partial charge in [-0.15, -0.1) is 0 Å². The predicted molar refractivity (Wildman–Crippen MR) is 113 cm³/mol. The van der Waals surface area contributed by atoms with Gasteiger partial charge in [-0.3, -0.25) is 14.5 Å². The van der Waals surface area contributed by atoms with E-state index in [0.717, 1.165) is 12.1 Å². The maximum absolute atomic E-state index is 13.3. The SMILES string of the molecule is CC1=C(CN2CCN(S(=O)(=O)C(C)C)CC2)C(=O)N(c2ccc(C#N)c(C(F)(F)F)c2)C1=O. The van der Waals surface area contributed by atoms with Gasteiger partial charge in [-0.1, -0.05) is 0 Å². The van der Waals surface area contributed by atoms with Crippen molar-refractivity contribution in [1.82, 2.24) is 9.21 Å². The van der Waals surface area contributed by atoms with E-state index in [2.05, 4.69) is 0 Å². The van der Waals surface area contributed by atoms with Crippen LogP contribution in [0.4, 0.5) is 18.9 Å². The lowest BCUT2D eigenvalue weighted by atomic mass is 10.1. The molecule has 2 heterocycles. The molecule has 8 nitrogen and oxygen atoms in total. The van der Waals surface area contributed by atoms with E-state index in [-0.39, 0.29) is 36.5 Å². The van der Waals surface area contributed by atoms with E-state index < -0.39 is 44.4 Å². The highest BCUT2D eigenvalue weighted by atomic mass is 32.2. The summed E-state index contributed by atoms with van der Waals surface area (Å²) in [6.07, 6.45) is -4.83. The number of imide groups is 1. The molecule has 0 bridgehead atoms. The van der Waals surface area contributed by atoms with Crippen LogP contribution in [0.3, 0.4) is 0 Å². The van der Waals surface area contributed by atoms with Gasteiger partial charge in [0.1, 0.15) is 0 Å². The number of benzene rings is 1. The number of carbonyl (C=O) groups is 2. The molecule has 0 unspecified atom stereocenters. The average Bonchev–Trinajstić information content (AvgIpc) is 2.96. The molecule has 0 radical (unpaired) electrons. The summed E-state index contributed by atoms with van der Waals surface area (Å²) >= 11 is 0. The number of nitrogens with zero attached hydrogens (tertiary/aromatic N) is 4. The van der Waals surface area contributed by atoms with Crippen LogP contribution in [0.1, 0.15) is 31.9 Å². The minimum atomic E-state index is -4.83. The molecule has 2 aliphatic heterocycles. The third kappa shape index (κ3) is 4.66. The highest BCUT2D eigenvalue weighted by Crippen LogP contribution is 2.36. The summed E-state index contributed by atoms with van der Waals surface area (Å²) in [6, 6.07) is 4.15. The van der Waals surface area contributed by atoms with Crippen LogP contribution in [0.2, 0.25) is 0 Å². The Kier molecular flexibility index (Phi) is 6.70. The largest absolute Gasteiger partial charge is 0.417 e. The van der Waals surface area contributed by atoms with Gasteiger partial charge >= 0.3 is 6.18 Å². The van der Waals surface area contributed by atoms with Gasteiger partial charge in [-0.05, 0) is 39.0 Å². The van der Waals surface area contributed by atoms with Crippen LogP contribution in [0.25, 0.3) is 0 Å². The number of alkyl halides is 3. The Morgan fingerprint density at radius 3 is 2.21 bits per heavy atom. The molecule has 0 aliphatic carbocycles. The summed E-state index contributed by atoms with van der Waals surface area (Å²) in [7, 11) is -3.40. The number of carbonyl (C=O) groups excluding carboxylic acids is 2. The van der Waals surface area contributed by atoms with Crippen molar-refractivity contribution in [2.75, 3.05) is 37.6 Å². The minimum Gasteiger partial charge on any atom is -0.296 e. The number of hydrogen-bond donors (Lipinski definition) is 0. The number of piperazine rings is 1. The summed E-state index contributed by atoms with van der Waals surface area (Å²) < 4.78 is 66.0. The Balaban J connectivity index is 1.79. The van der Waals surface area contributed by atoms with E-state index in [9.17, 15) is 31.2 Å². The Labute approximate surface area is 189 Å². The Morgan fingerprint density at radius 1 is 1.09 bits per heavy atom. The molecular weight excluding hydrogens is 461 g/mol. The lowest BCUT2D eigenvalue weighted by Crippen LogP contribution is -2.51.